The molecule has 0 atom stereocenters. The summed E-state index contributed by atoms with van der Waals surface area (Å²) in [5.41, 5.74) is 0. The van der Waals surface area contributed by atoms with Gasteiger partial charge in [0.1, 0.15) is 0 Å². The minimum Gasteiger partial charge on any atom is 0 e. The molecule has 0 saturated heterocycles. The van der Waals surface area contributed by atoms with Gasteiger partial charge in [-0.2, -0.15) is 0 Å². The molecule has 0 aromatic rings. The Morgan fingerprint density at radius 1 is 1.00 bits per heavy atom. The van der Waals surface area contributed by atoms with Crippen molar-refractivity contribution < 1.29 is 84.7 Å². The zero-order valence-corrected chi connectivity index (χ0v) is 8.21. The number of hydrogen-bond donors (Lipinski definition) is 0. The Hall–Kier alpha value is 2.77. The Balaban J connectivity index is 0. The standard InChI is InChI=1S/Ag.Au.Pd.Ru. The summed E-state index contributed by atoms with van der Waals surface area (Å²) in [6.07, 6.45) is 0. The van der Waals surface area contributed by atoms with Crippen LogP contribution in [0.15, 0.2) is 0 Å². The van der Waals surface area contributed by atoms with E-state index in [9.17, 15) is 0 Å². The molecule has 0 heterocycles. The summed E-state index contributed by atoms with van der Waals surface area (Å²) in [6.45, 7) is 0. The smallest absolute Gasteiger partial charge is 0 e. The van der Waals surface area contributed by atoms with Crippen LogP contribution in [0.5, 0.6) is 0 Å². The van der Waals surface area contributed by atoms with E-state index in [1.165, 1.54) is 0 Å². The minimum absolute atomic E-state index is 0. The van der Waals surface area contributed by atoms with Crippen LogP contribution in [-0.4, -0.2) is 0 Å². The SMILES string of the molecule is [Ag].[Au].[Pd].[Ru]. The fraction of sp³-hybridized carbons (Fsp3) is 0. The van der Waals surface area contributed by atoms with Crippen LogP contribution in [0, 0.1) is 0 Å². The maximum absolute atomic E-state index is 0. The van der Waals surface area contributed by atoms with Gasteiger partial charge < -0.3 is 0 Å². The van der Waals surface area contributed by atoms with Crippen molar-refractivity contribution in [3.05, 3.63) is 0 Å². The van der Waals surface area contributed by atoms with E-state index in [0.717, 1.165) is 0 Å². The fourth-order valence-electron chi connectivity index (χ4n) is 0. The van der Waals surface area contributed by atoms with Crippen molar-refractivity contribution >= 4 is 0 Å². The average Bonchev–Trinajstić information content (AvgIpc) is 0. The Morgan fingerprint density at radius 3 is 1.00 bits per heavy atom. The molecule has 0 amide bonds. The van der Waals surface area contributed by atoms with Gasteiger partial charge in [0.05, 0.1) is 0 Å². The summed E-state index contributed by atoms with van der Waals surface area (Å²) < 4.78 is 0. The van der Waals surface area contributed by atoms with E-state index in [-0.39, 0.29) is 84.7 Å². The maximum atomic E-state index is 0. The van der Waals surface area contributed by atoms with Crippen LogP contribution >= 0.6 is 0 Å². The molecule has 0 aliphatic rings. The van der Waals surface area contributed by atoms with Crippen LogP contribution in [0.1, 0.15) is 0 Å². The molecule has 0 aromatic heterocycles. The molecule has 4 heteroatoms. The van der Waals surface area contributed by atoms with Crippen LogP contribution in [0.3, 0.4) is 0 Å². The summed E-state index contributed by atoms with van der Waals surface area (Å²) in [4.78, 5) is 0. The molecule has 0 rings (SSSR count). The molecule has 0 aliphatic carbocycles. The zero-order chi connectivity index (χ0) is 0. The number of hydrogen-bond acceptors (Lipinski definition) is 0. The third-order valence-corrected chi connectivity index (χ3v) is 0. The number of rotatable bonds is 0. The third-order valence-electron chi connectivity index (χ3n) is 0. The van der Waals surface area contributed by atoms with Gasteiger partial charge in [0.2, 0.25) is 0 Å². The van der Waals surface area contributed by atoms with Crippen molar-refractivity contribution in [3.63, 3.8) is 0 Å². The second-order valence-electron chi connectivity index (χ2n) is 0. The minimum atomic E-state index is 0. The molecule has 0 spiro atoms. The van der Waals surface area contributed by atoms with Gasteiger partial charge in [0.25, 0.3) is 0 Å². The summed E-state index contributed by atoms with van der Waals surface area (Å²) in [5, 5.41) is 0. The molecule has 0 N–H and O–H groups in total. The quantitative estimate of drug-likeness (QED) is 0.401. The second kappa shape index (κ2) is 17.1. The second-order valence-corrected chi connectivity index (χ2v) is 0. The summed E-state index contributed by atoms with van der Waals surface area (Å²) in [6, 6.07) is 0. The van der Waals surface area contributed by atoms with Gasteiger partial charge in [-0.25, -0.2) is 0 Å². The molecule has 0 saturated carbocycles. The largest absolute Gasteiger partial charge is 0 e. The van der Waals surface area contributed by atoms with Crippen LogP contribution in [0.25, 0.3) is 0 Å². The first-order valence-corrected chi connectivity index (χ1v) is 0. The van der Waals surface area contributed by atoms with Crippen molar-refractivity contribution in [2.45, 2.75) is 0 Å². The third kappa shape index (κ3) is 8.84. The van der Waals surface area contributed by atoms with Crippen molar-refractivity contribution in [2.75, 3.05) is 0 Å². The van der Waals surface area contributed by atoms with Gasteiger partial charge in [0.15, 0.2) is 0 Å². The van der Waals surface area contributed by atoms with E-state index < -0.39 is 0 Å². The monoisotopic (exact) mass is 512 g/mol. The molecule has 0 aromatic carbocycles. The van der Waals surface area contributed by atoms with Crippen LogP contribution in [0.4, 0.5) is 0 Å². The van der Waals surface area contributed by atoms with Gasteiger partial charge in [-0.15, -0.1) is 0 Å². The first kappa shape index (κ1) is 29.4. The first-order valence-electron chi connectivity index (χ1n) is 0. The normalized spacial score (nSPS) is 0. The van der Waals surface area contributed by atoms with E-state index in [1.54, 1.807) is 0 Å². The van der Waals surface area contributed by atoms with Crippen LogP contribution < -0.4 is 0 Å². The molecule has 0 fully saturated rings. The maximum Gasteiger partial charge on any atom is 0 e. The summed E-state index contributed by atoms with van der Waals surface area (Å²) in [5.74, 6) is 0. The van der Waals surface area contributed by atoms with E-state index in [0.29, 0.717) is 0 Å². The predicted molar refractivity (Wildman–Crippen MR) is 0 cm³/mol. The molecular weight excluding hydrogens is 512 g/mol. The van der Waals surface area contributed by atoms with Crippen molar-refractivity contribution in [1.29, 1.82) is 0 Å². The molecular formula is AgAuPdRu. The molecule has 0 bridgehead atoms. The van der Waals surface area contributed by atoms with Gasteiger partial charge >= 0.3 is 0 Å². The van der Waals surface area contributed by atoms with E-state index in [2.05, 4.69) is 0 Å². The topological polar surface area (TPSA) is 0 Å². The van der Waals surface area contributed by atoms with Gasteiger partial charge in [-0.05, 0) is 0 Å². The average molecular weight is 512 g/mol. The van der Waals surface area contributed by atoms with Crippen LogP contribution in [0.2, 0.25) is 0 Å². The molecule has 2 radical (unpaired) electrons. The molecule has 40 valence electrons. The molecule has 0 unspecified atom stereocenters. The summed E-state index contributed by atoms with van der Waals surface area (Å²) >= 11 is 0. The molecule has 4 heavy (non-hydrogen) atoms. The van der Waals surface area contributed by atoms with Crippen molar-refractivity contribution in [1.82, 2.24) is 0 Å². The van der Waals surface area contributed by atoms with Gasteiger partial charge in [-0.1, -0.05) is 0 Å². The zero-order valence-electron chi connectivity index (χ0n) is 1.27. The Labute approximate surface area is 83.3 Å². The Kier molecular flexibility index (Phi) is 126. The van der Waals surface area contributed by atoms with Crippen LogP contribution in [-0.2, 0) is 84.7 Å². The van der Waals surface area contributed by atoms with Gasteiger partial charge in [0, 0.05) is 84.7 Å². The molecule has 0 aliphatic heterocycles. The van der Waals surface area contributed by atoms with Crippen molar-refractivity contribution in [2.24, 2.45) is 0 Å². The van der Waals surface area contributed by atoms with E-state index in [4.69, 9.17) is 0 Å². The Morgan fingerprint density at radius 2 is 1.00 bits per heavy atom. The first-order chi connectivity index (χ1) is 0. The Bertz CT molecular complexity index is 8.00. The fourth-order valence-corrected chi connectivity index (χ4v) is 0. The van der Waals surface area contributed by atoms with E-state index in [1.807, 2.05) is 0 Å². The molecule has 0 nitrogen and oxygen atoms in total. The van der Waals surface area contributed by atoms with E-state index >= 15 is 0 Å². The van der Waals surface area contributed by atoms with Gasteiger partial charge in [-0.3, -0.25) is 0 Å². The van der Waals surface area contributed by atoms with Crippen molar-refractivity contribution in [3.8, 4) is 0 Å². The predicted octanol–water partition coefficient (Wildman–Crippen LogP) is -0.0100. The summed E-state index contributed by atoms with van der Waals surface area (Å²) in [7, 11) is 0.